The summed E-state index contributed by atoms with van der Waals surface area (Å²) in [6.45, 7) is 0.513. The summed E-state index contributed by atoms with van der Waals surface area (Å²) in [6.07, 6.45) is 4.96. The van der Waals surface area contributed by atoms with Gasteiger partial charge in [0.2, 0.25) is 0 Å². The lowest BCUT2D eigenvalue weighted by molar-refractivity contribution is -0.384. The lowest BCUT2D eigenvalue weighted by atomic mass is 10.3. The van der Waals surface area contributed by atoms with Crippen LogP contribution < -0.4 is 10.6 Å². The van der Waals surface area contributed by atoms with Crippen LogP contribution in [-0.4, -0.2) is 27.5 Å². The maximum atomic E-state index is 11.6. The Balaban J connectivity index is 1.70. The Bertz CT molecular complexity index is 595. The third kappa shape index (κ3) is 4.60. The SMILES string of the molecule is O=C(NCCCc1ncc[nH]1)Nc1ccc([N+](=O)[O-])cc1. The normalized spacial score (nSPS) is 10.1. The highest BCUT2D eigenvalue weighted by molar-refractivity contribution is 5.89. The van der Waals surface area contributed by atoms with E-state index in [4.69, 9.17) is 0 Å². The molecule has 0 fully saturated rings. The number of aromatic nitrogens is 2. The van der Waals surface area contributed by atoms with Crippen molar-refractivity contribution in [2.75, 3.05) is 11.9 Å². The first-order valence-electron chi connectivity index (χ1n) is 6.43. The lowest BCUT2D eigenvalue weighted by Gasteiger charge is -2.07. The first-order chi connectivity index (χ1) is 10.1. The number of imidazole rings is 1. The standard InChI is InChI=1S/C13H15N5O3/c19-13(16-7-1-2-12-14-8-9-15-12)17-10-3-5-11(6-4-10)18(20)21/h3-6,8-9H,1-2,7H2,(H,14,15)(H2,16,17,19). The van der Waals surface area contributed by atoms with Crippen molar-refractivity contribution >= 4 is 17.4 Å². The van der Waals surface area contributed by atoms with Crippen molar-refractivity contribution in [2.45, 2.75) is 12.8 Å². The molecule has 0 saturated heterocycles. The fourth-order valence-corrected chi connectivity index (χ4v) is 1.73. The number of benzene rings is 1. The number of non-ortho nitro benzene ring substituents is 1. The molecule has 0 bridgehead atoms. The van der Waals surface area contributed by atoms with Gasteiger partial charge in [-0.2, -0.15) is 0 Å². The number of carbonyl (C=O) groups excluding carboxylic acids is 1. The average molecular weight is 289 g/mol. The molecule has 0 spiro atoms. The first kappa shape index (κ1) is 14.5. The van der Waals surface area contributed by atoms with E-state index in [1.807, 2.05) is 0 Å². The predicted molar refractivity (Wildman–Crippen MR) is 77.0 cm³/mol. The van der Waals surface area contributed by atoms with Gasteiger partial charge in [-0.1, -0.05) is 0 Å². The van der Waals surface area contributed by atoms with Gasteiger partial charge in [-0.25, -0.2) is 9.78 Å². The fraction of sp³-hybridized carbons (Fsp3) is 0.231. The molecule has 2 amide bonds. The number of amides is 2. The van der Waals surface area contributed by atoms with E-state index in [0.717, 1.165) is 18.7 Å². The van der Waals surface area contributed by atoms with Crippen LogP contribution in [0.15, 0.2) is 36.7 Å². The molecule has 0 atom stereocenters. The van der Waals surface area contributed by atoms with Gasteiger partial charge in [0.25, 0.3) is 5.69 Å². The summed E-state index contributed by atoms with van der Waals surface area (Å²) >= 11 is 0. The third-order valence-corrected chi connectivity index (χ3v) is 2.77. The van der Waals surface area contributed by atoms with Crippen LogP contribution in [0.1, 0.15) is 12.2 Å². The van der Waals surface area contributed by atoms with E-state index in [1.54, 1.807) is 12.4 Å². The van der Waals surface area contributed by atoms with Gasteiger partial charge in [-0.15, -0.1) is 0 Å². The van der Waals surface area contributed by atoms with Crippen LogP contribution in [0.3, 0.4) is 0 Å². The van der Waals surface area contributed by atoms with Gasteiger partial charge in [0.1, 0.15) is 5.82 Å². The molecule has 1 aromatic carbocycles. The number of nitro groups is 1. The molecule has 1 aromatic heterocycles. The van der Waals surface area contributed by atoms with E-state index in [-0.39, 0.29) is 11.7 Å². The van der Waals surface area contributed by atoms with E-state index < -0.39 is 4.92 Å². The molecule has 110 valence electrons. The summed E-state index contributed by atoms with van der Waals surface area (Å²) in [5.74, 6) is 0.882. The predicted octanol–water partition coefficient (Wildman–Crippen LogP) is 2.07. The third-order valence-electron chi connectivity index (χ3n) is 2.77. The minimum absolute atomic E-state index is 0.0144. The summed E-state index contributed by atoms with van der Waals surface area (Å²) < 4.78 is 0. The Morgan fingerprint density at radius 1 is 1.33 bits per heavy atom. The van der Waals surface area contributed by atoms with Crippen LogP contribution in [0.25, 0.3) is 0 Å². The number of urea groups is 1. The Kier molecular flexibility index (Phi) is 4.86. The van der Waals surface area contributed by atoms with E-state index >= 15 is 0 Å². The summed E-state index contributed by atoms with van der Waals surface area (Å²) in [5.41, 5.74) is 0.489. The largest absolute Gasteiger partial charge is 0.349 e. The molecule has 0 radical (unpaired) electrons. The Hall–Kier alpha value is -2.90. The first-order valence-corrected chi connectivity index (χ1v) is 6.43. The second-order valence-corrected chi connectivity index (χ2v) is 4.32. The number of carbonyl (C=O) groups is 1. The molecular weight excluding hydrogens is 274 g/mol. The lowest BCUT2D eigenvalue weighted by Crippen LogP contribution is -2.29. The van der Waals surface area contributed by atoms with Crippen LogP contribution in [0.5, 0.6) is 0 Å². The molecule has 0 saturated carbocycles. The van der Waals surface area contributed by atoms with Gasteiger partial charge in [0.05, 0.1) is 4.92 Å². The van der Waals surface area contributed by atoms with Crippen molar-refractivity contribution in [3.05, 3.63) is 52.6 Å². The van der Waals surface area contributed by atoms with Crippen LogP contribution in [0.4, 0.5) is 16.2 Å². The number of hydrogen-bond donors (Lipinski definition) is 3. The number of H-pyrrole nitrogens is 1. The quantitative estimate of drug-likeness (QED) is 0.429. The molecule has 0 unspecified atom stereocenters. The van der Waals surface area contributed by atoms with Crippen LogP contribution >= 0.6 is 0 Å². The summed E-state index contributed by atoms with van der Waals surface area (Å²) in [5, 5.41) is 15.8. The Labute approximate surface area is 120 Å². The van der Waals surface area contributed by atoms with Crippen LogP contribution in [0, 0.1) is 10.1 Å². The van der Waals surface area contributed by atoms with Gasteiger partial charge in [0.15, 0.2) is 0 Å². The van der Waals surface area contributed by atoms with Gasteiger partial charge in [0, 0.05) is 43.2 Å². The van der Waals surface area contributed by atoms with E-state index in [2.05, 4.69) is 20.6 Å². The molecule has 0 aliphatic heterocycles. The molecule has 2 aromatic rings. The monoisotopic (exact) mass is 289 g/mol. The molecule has 0 aliphatic rings. The second-order valence-electron chi connectivity index (χ2n) is 4.32. The minimum Gasteiger partial charge on any atom is -0.349 e. The summed E-state index contributed by atoms with van der Waals surface area (Å²) in [4.78, 5) is 28.7. The maximum absolute atomic E-state index is 11.6. The van der Waals surface area contributed by atoms with Gasteiger partial charge in [-0.05, 0) is 18.6 Å². The molecule has 21 heavy (non-hydrogen) atoms. The van der Waals surface area contributed by atoms with Crippen molar-refractivity contribution in [3.8, 4) is 0 Å². The smallest absolute Gasteiger partial charge is 0.319 e. The Morgan fingerprint density at radius 3 is 2.71 bits per heavy atom. The highest BCUT2D eigenvalue weighted by atomic mass is 16.6. The number of rotatable bonds is 6. The molecule has 2 rings (SSSR count). The van der Waals surface area contributed by atoms with E-state index in [1.165, 1.54) is 24.3 Å². The molecule has 8 heteroatoms. The maximum Gasteiger partial charge on any atom is 0.319 e. The number of anilines is 1. The van der Waals surface area contributed by atoms with Crippen LogP contribution in [-0.2, 0) is 6.42 Å². The molecule has 1 heterocycles. The molecule has 3 N–H and O–H groups in total. The highest BCUT2D eigenvalue weighted by Gasteiger charge is 2.06. The topological polar surface area (TPSA) is 113 Å². The molecule has 8 nitrogen and oxygen atoms in total. The van der Waals surface area contributed by atoms with Crippen molar-refractivity contribution in [2.24, 2.45) is 0 Å². The van der Waals surface area contributed by atoms with Crippen molar-refractivity contribution in [3.63, 3.8) is 0 Å². The summed E-state index contributed by atoms with van der Waals surface area (Å²) in [7, 11) is 0. The number of nitro benzene ring substituents is 1. The van der Waals surface area contributed by atoms with Gasteiger partial charge >= 0.3 is 6.03 Å². The van der Waals surface area contributed by atoms with E-state index in [9.17, 15) is 14.9 Å². The number of aryl methyl sites for hydroxylation is 1. The van der Waals surface area contributed by atoms with Crippen molar-refractivity contribution in [1.82, 2.24) is 15.3 Å². The number of nitrogens with zero attached hydrogens (tertiary/aromatic N) is 2. The number of aromatic amines is 1. The zero-order valence-electron chi connectivity index (χ0n) is 11.2. The van der Waals surface area contributed by atoms with Gasteiger partial charge in [-0.3, -0.25) is 10.1 Å². The minimum atomic E-state index is -0.488. The van der Waals surface area contributed by atoms with Crippen LogP contribution in [0.2, 0.25) is 0 Å². The van der Waals surface area contributed by atoms with Gasteiger partial charge < -0.3 is 15.6 Å². The van der Waals surface area contributed by atoms with Crippen molar-refractivity contribution < 1.29 is 9.72 Å². The molecular formula is C13H15N5O3. The zero-order chi connectivity index (χ0) is 15.1. The second kappa shape index (κ2) is 7.04. The number of hydrogen-bond acceptors (Lipinski definition) is 4. The number of nitrogens with one attached hydrogen (secondary N) is 3. The van der Waals surface area contributed by atoms with Crippen molar-refractivity contribution in [1.29, 1.82) is 0 Å². The average Bonchev–Trinajstić information content (AvgIpc) is 2.97. The Morgan fingerprint density at radius 2 is 2.10 bits per heavy atom. The fourth-order valence-electron chi connectivity index (χ4n) is 1.73. The zero-order valence-corrected chi connectivity index (χ0v) is 11.2. The molecule has 0 aliphatic carbocycles. The van der Waals surface area contributed by atoms with E-state index in [0.29, 0.717) is 12.2 Å². The highest BCUT2D eigenvalue weighted by Crippen LogP contribution is 2.15. The summed E-state index contributed by atoms with van der Waals surface area (Å²) in [6, 6.07) is 5.31.